The summed E-state index contributed by atoms with van der Waals surface area (Å²) in [5.74, 6) is 0.532. The molecule has 6 nitrogen and oxygen atoms in total. The van der Waals surface area contributed by atoms with Crippen molar-refractivity contribution in [1.82, 2.24) is 14.3 Å². The number of pyridine rings is 1. The fourth-order valence-corrected chi connectivity index (χ4v) is 6.45. The lowest BCUT2D eigenvalue weighted by Crippen LogP contribution is -2.42. The first-order valence-electron chi connectivity index (χ1n) is 12.2. The minimum absolute atomic E-state index is 0.195. The van der Waals surface area contributed by atoms with Gasteiger partial charge in [0.25, 0.3) is 0 Å². The van der Waals surface area contributed by atoms with Crippen molar-refractivity contribution in [2.24, 2.45) is 0 Å². The first kappa shape index (κ1) is 24.8. The number of halogens is 3. The van der Waals surface area contributed by atoms with Crippen LogP contribution in [0.1, 0.15) is 75.0 Å². The zero-order valence-corrected chi connectivity index (χ0v) is 20.7. The molecule has 2 aliphatic carbocycles. The van der Waals surface area contributed by atoms with E-state index in [2.05, 4.69) is 27.8 Å². The van der Waals surface area contributed by atoms with Gasteiger partial charge in [0.2, 0.25) is 10.0 Å². The maximum absolute atomic E-state index is 12.9. The van der Waals surface area contributed by atoms with E-state index in [0.29, 0.717) is 22.9 Å². The predicted molar refractivity (Wildman–Crippen MR) is 130 cm³/mol. The Morgan fingerprint density at radius 2 is 1.83 bits per heavy atom. The van der Waals surface area contributed by atoms with Crippen molar-refractivity contribution in [3.8, 4) is 17.5 Å². The number of aromatic nitrogens is 2. The van der Waals surface area contributed by atoms with Crippen LogP contribution < -0.4 is 4.72 Å². The van der Waals surface area contributed by atoms with Gasteiger partial charge < -0.3 is 4.57 Å². The van der Waals surface area contributed by atoms with Gasteiger partial charge in [-0.2, -0.15) is 23.2 Å². The number of sulfonamides is 1. The second-order valence-electron chi connectivity index (χ2n) is 9.81. The molecule has 1 unspecified atom stereocenters. The molecule has 0 amide bonds. The van der Waals surface area contributed by atoms with Gasteiger partial charge in [-0.3, -0.25) is 4.98 Å². The average Bonchev–Trinajstić information content (AvgIpc) is 3.42. The molecule has 2 fully saturated rings. The van der Waals surface area contributed by atoms with Gasteiger partial charge in [0, 0.05) is 17.6 Å². The Labute approximate surface area is 208 Å². The third kappa shape index (κ3) is 4.39. The molecule has 2 saturated carbocycles. The lowest BCUT2D eigenvalue weighted by Gasteiger charge is -2.26. The van der Waals surface area contributed by atoms with Crippen LogP contribution in [0.2, 0.25) is 0 Å². The molecule has 0 radical (unpaired) electrons. The fraction of sp³-hybridized carbons (Fsp3) is 0.462. The zero-order chi connectivity index (χ0) is 25.7. The van der Waals surface area contributed by atoms with E-state index < -0.39 is 22.2 Å². The zero-order valence-electron chi connectivity index (χ0n) is 19.8. The van der Waals surface area contributed by atoms with Crippen molar-refractivity contribution >= 4 is 20.9 Å². The molecule has 10 heteroatoms. The molecule has 2 aliphatic rings. The third-order valence-corrected chi connectivity index (χ3v) is 9.04. The molecular formula is C26H27F3N4O2S. The van der Waals surface area contributed by atoms with E-state index in [-0.39, 0.29) is 10.9 Å². The van der Waals surface area contributed by atoms with Crippen molar-refractivity contribution < 1.29 is 21.6 Å². The van der Waals surface area contributed by atoms with Crippen LogP contribution in [-0.2, 0) is 10.0 Å². The van der Waals surface area contributed by atoms with Gasteiger partial charge in [-0.1, -0.05) is 31.4 Å². The number of nitrogens with one attached hydrogen (secondary N) is 1. The summed E-state index contributed by atoms with van der Waals surface area (Å²) in [7, 11) is -4.42. The maximum atomic E-state index is 12.9. The van der Waals surface area contributed by atoms with Crippen molar-refractivity contribution in [2.45, 2.75) is 80.9 Å². The van der Waals surface area contributed by atoms with E-state index in [0.717, 1.165) is 62.5 Å². The van der Waals surface area contributed by atoms with Crippen molar-refractivity contribution in [3.05, 3.63) is 47.7 Å². The Bertz CT molecular complexity index is 1430. The molecule has 190 valence electrons. The summed E-state index contributed by atoms with van der Waals surface area (Å²) >= 11 is 0. The quantitative estimate of drug-likeness (QED) is 0.423. The highest BCUT2D eigenvalue weighted by atomic mass is 32.2. The van der Waals surface area contributed by atoms with Crippen LogP contribution in [0.15, 0.2) is 41.4 Å². The third-order valence-electron chi connectivity index (χ3n) is 7.52. The molecule has 0 saturated heterocycles. The number of hydrogen-bond donors (Lipinski definition) is 1. The van der Waals surface area contributed by atoms with Crippen molar-refractivity contribution in [2.75, 3.05) is 0 Å². The summed E-state index contributed by atoms with van der Waals surface area (Å²) in [6.45, 7) is 0.746. The second-order valence-corrected chi connectivity index (χ2v) is 11.5. The number of rotatable bonds is 6. The van der Waals surface area contributed by atoms with E-state index in [9.17, 15) is 26.9 Å². The molecule has 0 spiro atoms. The van der Waals surface area contributed by atoms with E-state index in [1.54, 1.807) is 4.72 Å². The van der Waals surface area contributed by atoms with Crippen molar-refractivity contribution in [3.63, 3.8) is 0 Å². The minimum Gasteiger partial charge on any atom is -0.335 e. The van der Waals surface area contributed by atoms with Crippen LogP contribution in [-0.4, -0.2) is 30.2 Å². The fourth-order valence-electron chi connectivity index (χ4n) is 5.28. The number of hydrogen-bond acceptors (Lipinski definition) is 4. The van der Waals surface area contributed by atoms with Gasteiger partial charge in [-0.05, 0) is 62.3 Å². The first-order chi connectivity index (χ1) is 17.1. The van der Waals surface area contributed by atoms with Crippen LogP contribution in [0.25, 0.3) is 22.3 Å². The van der Waals surface area contributed by atoms with Crippen LogP contribution in [0.4, 0.5) is 13.2 Å². The van der Waals surface area contributed by atoms with Crippen LogP contribution >= 0.6 is 0 Å². The van der Waals surface area contributed by atoms with E-state index in [1.807, 2.05) is 6.07 Å². The minimum atomic E-state index is -4.71. The standard InChI is InChI=1S/C26H27F3N4O2S/c1-16(26(27,28)29)32-36(34,35)20-10-12-23(31-15-20)25-22(14-30)21-11-9-18(17-5-4-6-17)13-24(21)33(25)19-7-2-3-8-19/h9-13,15-17,19,32H,2-8H2,1H3. The van der Waals surface area contributed by atoms with Gasteiger partial charge in [0.1, 0.15) is 17.0 Å². The molecule has 1 N–H and O–H groups in total. The summed E-state index contributed by atoms with van der Waals surface area (Å²) in [5.41, 5.74) is 3.77. The molecule has 1 atom stereocenters. The summed E-state index contributed by atoms with van der Waals surface area (Å²) in [5, 5.41) is 11.0. The topological polar surface area (TPSA) is 87.8 Å². The van der Waals surface area contributed by atoms with E-state index >= 15 is 0 Å². The molecule has 3 aromatic rings. The number of nitriles is 1. The second kappa shape index (κ2) is 9.20. The summed E-state index contributed by atoms with van der Waals surface area (Å²) < 4.78 is 67.5. The summed E-state index contributed by atoms with van der Waals surface area (Å²) in [4.78, 5) is 3.97. The molecule has 0 bridgehead atoms. The molecule has 2 heterocycles. The molecule has 2 aromatic heterocycles. The van der Waals surface area contributed by atoms with E-state index in [4.69, 9.17) is 0 Å². The Hall–Kier alpha value is -2.90. The Kier molecular flexibility index (Phi) is 6.33. The lowest BCUT2D eigenvalue weighted by atomic mass is 9.80. The van der Waals surface area contributed by atoms with Gasteiger partial charge in [0.05, 0.1) is 22.5 Å². The Morgan fingerprint density at radius 3 is 2.39 bits per heavy atom. The number of fused-ring (bicyclic) bond motifs is 1. The van der Waals surface area contributed by atoms with Gasteiger partial charge >= 0.3 is 6.18 Å². The SMILES string of the molecule is CC(NS(=O)(=O)c1ccc(-c2c(C#N)c3ccc(C4CCC4)cc3n2C2CCCC2)nc1)C(F)(F)F. The number of benzene rings is 1. The first-order valence-corrected chi connectivity index (χ1v) is 13.7. The Balaban J connectivity index is 1.60. The van der Waals surface area contributed by atoms with Gasteiger partial charge in [-0.25, -0.2) is 8.42 Å². The molecular weight excluding hydrogens is 489 g/mol. The highest BCUT2D eigenvalue weighted by Crippen LogP contribution is 2.43. The predicted octanol–water partition coefficient (Wildman–Crippen LogP) is 6.19. The van der Waals surface area contributed by atoms with Gasteiger partial charge in [-0.15, -0.1) is 0 Å². The molecule has 36 heavy (non-hydrogen) atoms. The van der Waals surface area contributed by atoms with E-state index in [1.165, 1.54) is 24.1 Å². The summed E-state index contributed by atoms with van der Waals surface area (Å²) in [6, 6.07) is 9.27. The largest absolute Gasteiger partial charge is 0.404 e. The lowest BCUT2D eigenvalue weighted by molar-refractivity contribution is -0.147. The normalized spacial score (nSPS) is 18.3. The number of alkyl halides is 3. The van der Waals surface area contributed by atoms with Crippen LogP contribution in [0, 0.1) is 11.3 Å². The average molecular weight is 517 g/mol. The van der Waals surface area contributed by atoms with Crippen molar-refractivity contribution in [1.29, 1.82) is 5.26 Å². The smallest absolute Gasteiger partial charge is 0.335 e. The highest BCUT2D eigenvalue weighted by Gasteiger charge is 2.39. The number of nitrogens with zero attached hydrogens (tertiary/aromatic N) is 3. The summed E-state index contributed by atoms with van der Waals surface area (Å²) in [6.07, 6.45) is 4.00. The molecule has 1 aromatic carbocycles. The molecule has 0 aliphatic heterocycles. The van der Waals surface area contributed by atoms with Gasteiger partial charge in [0.15, 0.2) is 0 Å². The van der Waals surface area contributed by atoms with Crippen LogP contribution in [0.3, 0.4) is 0 Å². The highest BCUT2D eigenvalue weighted by molar-refractivity contribution is 7.89. The molecule has 5 rings (SSSR count). The van der Waals surface area contributed by atoms with Crippen LogP contribution in [0.5, 0.6) is 0 Å². The Morgan fingerprint density at radius 1 is 1.11 bits per heavy atom. The maximum Gasteiger partial charge on any atom is 0.404 e. The monoisotopic (exact) mass is 516 g/mol.